The van der Waals surface area contributed by atoms with E-state index in [1.807, 2.05) is 37.3 Å². The summed E-state index contributed by atoms with van der Waals surface area (Å²) in [6.45, 7) is 3.28. The first-order valence-corrected chi connectivity index (χ1v) is 10.2. The van der Waals surface area contributed by atoms with Gasteiger partial charge < -0.3 is 0 Å². The minimum atomic E-state index is -3.22. The molecule has 0 saturated carbocycles. The zero-order valence-corrected chi connectivity index (χ0v) is 15.0. The molecular weight excluding hydrogens is 318 g/mol. The molecule has 24 heavy (non-hydrogen) atoms. The Morgan fingerprint density at radius 1 is 0.958 bits per heavy atom. The Balaban J connectivity index is 1.57. The molecule has 0 aliphatic carbocycles. The average molecular weight is 343 g/mol. The van der Waals surface area contributed by atoms with Crippen LogP contribution in [-0.2, 0) is 22.2 Å². The lowest BCUT2D eigenvalue weighted by Crippen LogP contribution is -2.39. The van der Waals surface area contributed by atoms with Gasteiger partial charge in [0.1, 0.15) is 0 Å². The third-order valence-corrected chi connectivity index (χ3v) is 6.62. The van der Waals surface area contributed by atoms with E-state index in [-0.39, 0.29) is 5.75 Å². The monoisotopic (exact) mass is 343 g/mol. The van der Waals surface area contributed by atoms with Crippen molar-refractivity contribution in [1.82, 2.24) is 4.31 Å². The van der Waals surface area contributed by atoms with E-state index in [9.17, 15) is 8.42 Å². The van der Waals surface area contributed by atoms with Gasteiger partial charge in [0, 0.05) is 13.1 Å². The molecule has 2 aromatic rings. The Labute approximate surface area is 145 Å². The second-order valence-electron chi connectivity index (χ2n) is 6.78. The van der Waals surface area contributed by atoms with E-state index < -0.39 is 10.0 Å². The lowest BCUT2D eigenvalue weighted by atomic mass is 9.91. The second-order valence-corrected chi connectivity index (χ2v) is 8.75. The van der Waals surface area contributed by atoms with Crippen molar-refractivity contribution in [3.05, 3.63) is 71.3 Å². The van der Waals surface area contributed by atoms with Gasteiger partial charge in [0.25, 0.3) is 0 Å². The van der Waals surface area contributed by atoms with Gasteiger partial charge in [0.05, 0.1) is 5.75 Å². The Bertz CT molecular complexity index is 763. The molecule has 0 amide bonds. The van der Waals surface area contributed by atoms with Gasteiger partial charge in [-0.2, -0.15) is 0 Å². The average Bonchev–Trinajstić information content (AvgIpc) is 2.56. The van der Waals surface area contributed by atoms with Gasteiger partial charge in [0.15, 0.2) is 0 Å². The number of hydrogen-bond donors (Lipinski definition) is 0. The molecule has 0 N–H and O–H groups in total. The van der Waals surface area contributed by atoms with Gasteiger partial charge in [0.2, 0.25) is 10.0 Å². The van der Waals surface area contributed by atoms with Crippen LogP contribution in [0.1, 0.15) is 29.5 Å². The molecule has 0 atom stereocenters. The van der Waals surface area contributed by atoms with E-state index in [1.54, 1.807) is 4.31 Å². The number of rotatable bonds is 5. The highest BCUT2D eigenvalue weighted by Gasteiger charge is 2.28. The highest BCUT2D eigenvalue weighted by molar-refractivity contribution is 7.88. The van der Waals surface area contributed by atoms with Crippen LogP contribution in [0, 0.1) is 12.8 Å². The molecule has 0 aromatic heterocycles. The van der Waals surface area contributed by atoms with Crippen LogP contribution >= 0.6 is 0 Å². The summed E-state index contributed by atoms with van der Waals surface area (Å²) in [5, 5.41) is 0. The number of piperidine rings is 1. The number of sulfonamides is 1. The summed E-state index contributed by atoms with van der Waals surface area (Å²) in [5.41, 5.74) is 3.32. The first-order chi connectivity index (χ1) is 11.5. The molecule has 1 heterocycles. The van der Waals surface area contributed by atoms with Gasteiger partial charge in [-0.3, -0.25) is 0 Å². The quantitative estimate of drug-likeness (QED) is 0.828. The maximum atomic E-state index is 12.7. The van der Waals surface area contributed by atoms with E-state index in [4.69, 9.17) is 0 Å². The highest BCUT2D eigenvalue weighted by atomic mass is 32.2. The predicted molar refractivity (Wildman–Crippen MR) is 98.2 cm³/mol. The van der Waals surface area contributed by atoms with E-state index in [0.717, 1.165) is 30.4 Å². The molecule has 0 unspecified atom stereocenters. The van der Waals surface area contributed by atoms with Crippen LogP contribution in [0.3, 0.4) is 0 Å². The predicted octanol–water partition coefficient (Wildman–Crippen LogP) is 3.78. The molecule has 0 spiro atoms. The lowest BCUT2D eigenvalue weighted by Gasteiger charge is -2.31. The molecule has 0 bridgehead atoms. The smallest absolute Gasteiger partial charge is 0.212 e. The van der Waals surface area contributed by atoms with Crippen LogP contribution in [-0.4, -0.2) is 25.8 Å². The van der Waals surface area contributed by atoms with Crippen LogP contribution in [0.2, 0.25) is 0 Å². The van der Waals surface area contributed by atoms with Crippen molar-refractivity contribution < 1.29 is 8.42 Å². The Kier molecular flexibility index (Phi) is 5.36. The third kappa shape index (κ3) is 4.46. The Hall–Kier alpha value is -1.65. The summed E-state index contributed by atoms with van der Waals surface area (Å²) in [6, 6.07) is 18.2. The zero-order chi connectivity index (χ0) is 17.0. The first-order valence-electron chi connectivity index (χ1n) is 8.60. The topological polar surface area (TPSA) is 37.4 Å². The van der Waals surface area contributed by atoms with Gasteiger partial charge in [-0.15, -0.1) is 0 Å². The minimum Gasteiger partial charge on any atom is -0.212 e. The fraction of sp³-hybridized carbons (Fsp3) is 0.400. The van der Waals surface area contributed by atoms with Crippen molar-refractivity contribution in [2.45, 2.75) is 31.9 Å². The van der Waals surface area contributed by atoms with Crippen molar-refractivity contribution in [2.24, 2.45) is 5.92 Å². The SMILES string of the molecule is Cc1cccc(CS(=O)(=O)N2CCC(Cc3ccccc3)CC2)c1. The summed E-state index contributed by atoms with van der Waals surface area (Å²) in [7, 11) is -3.22. The number of nitrogens with zero attached hydrogens (tertiary/aromatic N) is 1. The number of hydrogen-bond acceptors (Lipinski definition) is 2. The number of benzene rings is 2. The summed E-state index contributed by atoms with van der Waals surface area (Å²) in [6.07, 6.45) is 2.94. The van der Waals surface area contributed by atoms with Crippen LogP contribution in [0.15, 0.2) is 54.6 Å². The van der Waals surface area contributed by atoms with E-state index >= 15 is 0 Å². The van der Waals surface area contributed by atoms with Gasteiger partial charge in [-0.05, 0) is 43.2 Å². The first kappa shape index (κ1) is 17.2. The van der Waals surface area contributed by atoms with Crippen LogP contribution in [0.5, 0.6) is 0 Å². The lowest BCUT2D eigenvalue weighted by molar-refractivity contribution is 0.272. The van der Waals surface area contributed by atoms with Crippen molar-refractivity contribution in [1.29, 1.82) is 0 Å². The largest absolute Gasteiger partial charge is 0.218 e. The van der Waals surface area contributed by atoms with Gasteiger partial charge >= 0.3 is 0 Å². The summed E-state index contributed by atoms with van der Waals surface area (Å²) < 4.78 is 27.0. The van der Waals surface area contributed by atoms with Crippen molar-refractivity contribution >= 4 is 10.0 Å². The summed E-state index contributed by atoms with van der Waals surface area (Å²) in [4.78, 5) is 0. The highest BCUT2D eigenvalue weighted by Crippen LogP contribution is 2.24. The van der Waals surface area contributed by atoms with E-state index in [1.165, 1.54) is 5.56 Å². The van der Waals surface area contributed by atoms with E-state index in [0.29, 0.717) is 19.0 Å². The third-order valence-electron chi connectivity index (χ3n) is 4.77. The molecule has 1 aliphatic rings. The van der Waals surface area contributed by atoms with Crippen molar-refractivity contribution in [3.8, 4) is 0 Å². The molecule has 128 valence electrons. The fourth-order valence-electron chi connectivity index (χ4n) is 3.44. The van der Waals surface area contributed by atoms with E-state index in [2.05, 4.69) is 24.3 Å². The van der Waals surface area contributed by atoms with Gasteiger partial charge in [-0.25, -0.2) is 12.7 Å². The molecule has 1 fully saturated rings. The van der Waals surface area contributed by atoms with Crippen molar-refractivity contribution in [2.75, 3.05) is 13.1 Å². The maximum absolute atomic E-state index is 12.7. The molecular formula is C20H25NO2S. The fourth-order valence-corrected chi connectivity index (χ4v) is 4.99. The van der Waals surface area contributed by atoms with Crippen LogP contribution in [0.25, 0.3) is 0 Å². The zero-order valence-electron chi connectivity index (χ0n) is 14.2. The molecule has 4 heteroatoms. The molecule has 0 radical (unpaired) electrons. The van der Waals surface area contributed by atoms with Crippen molar-refractivity contribution in [3.63, 3.8) is 0 Å². The Morgan fingerprint density at radius 2 is 1.62 bits per heavy atom. The standard InChI is InChI=1S/C20H25NO2S/c1-17-6-5-9-20(14-17)16-24(22,23)21-12-10-19(11-13-21)15-18-7-3-2-4-8-18/h2-9,14,19H,10-13,15-16H2,1H3. The maximum Gasteiger partial charge on any atom is 0.218 e. The molecule has 3 rings (SSSR count). The number of aryl methyl sites for hydroxylation is 1. The Morgan fingerprint density at radius 3 is 2.29 bits per heavy atom. The molecule has 3 nitrogen and oxygen atoms in total. The van der Waals surface area contributed by atoms with Crippen LogP contribution in [0.4, 0.5) is 0 Å². The normalized spacial score (nSPS) is 17.0. The summed E-state index contributed by atoms with van der Waals surface area (Å²) in [5.74, 6) is 0.690. The summed E-state index contributed by atoms with van der Waals surface area (Å²) >= 11 is 0. The second kappa shape index (κ2) is 7.49. The minimum absolute atomic E-state index is 0.109. The molecule has 1 aliphatic heterocycles. The van der Waals surface area contributed by atoms with Crippen LogP contribution < -0.4 is 0 Å². The molecule has 2 aromatic carbocycles. The molecule has 1 saturated heterocycles. The van der Waals surface area contributed by atoms with Gasteiger partial charge in [-0.1, -0.05) is 60.2 Å².